The molecule has 0 saturated heterocycles. The summed E-state index contributed by atoms with van der Waals surface area (Å²) in [4.78, 5) is 33.8. The molecule has 0 saturated carbocycles. The Kier molecular flexibility index (Phi) is 13.1. The third kappa shape index (κ3) is 10.1. The van der Waals surface area contributed by atoms with Crippen LogP contribution in [0.4, 0.5) is 0 Å². The maximum atomic E-state index is 11.8. The molecule has 0 aliphatic rings. The summed E-state index contributed by atoms with van der Waals surface area (Å²) < 4.78 is 11.2. The first-order chi connectivity index (χ1) is 21.3. The van der Waals surface area contributed by atoms with Gasteiger partial charge in [0.05, 0.1) is 0 Å². The monoisotopic (exact) mass is 598 g/mol. The van der Waals surface area contributed by atoms with Crippen molar-refractivity contribution in [2.45, 2.75) is 52.4 Å². The van der Waals surface area contributed by atoms with Crippen LogP contribution in [-0.2, 0) is 17.6 Å². The molecule has 44 heavy (non-hydrogen) atoms. The first-order valence-corrected chi connectivity index (χ1v) is 14.6. The van der Waals surface area contributed by atoms with Crippen LogP contribution in [0.1, 0.15) is 71.4 Å². The van der Waals surface area contributed by atoms with Crippen molar-refractivity contribution in [3.8, 4) is 34.5 Å². The van der Waals surface area contributed by atoms with E-state index in [-0.39, 0.29) is 42.5 Å². The Bertz CT molecular complexity index is 1530. The highest BCUT2D eigenvalue weighted by molar-refractivity contribution is 5.97. The summed E-state index contributed by atoms with van der Waals surface area (Å²) in [6.07, 6.45) is 3.66. The summed E-state index contributed by atoms with van der Waals surface area (Å²) >= 11 is 0. The van der Waals surface area contributed by atoms with E-state index < -0.39 is 0 Å². The molecule has 0 atom stereocenters. The summed E-state index contributed by atoms with van der Waals surface area (Å²) in [5, 5.41) is 28.6. The van der Waals surface area contributed by atoms with Gasteiger partial charge in [-0.05, 0) is 103 Å². The fourth-order valence-corrected chi connectivity index (χ4v) is 4.13. The molecule has 0 bridgehead atoms. The number of phenols is 2. The number of aliphatic hydroxyl groups is 1. The zero-order chi connectivity index (χ0) is 31.9. The second-order valence-electron chi connectivity index (χ2n) is 9.94. The SMILES string of the molecule is CCc1ccc(Oc2ccc(C(=O)CCC=O)cc2)c(O)c1.CCc1ccc(Oc2ccc(C(=O)CCCO)cc2)c(O)c1. The zero-order valence-electron chi connectivity index (χ0n) is 25.0. The van der Waals surface area contributed by atoms with Crippen LogP contribution in [0, 0.1) is 0 Å². The normalized spacial score (nSPS) is 10.3. The topological polar surface area (TPSA) is 130 Å². The van der Waals surface area contributed by atoms with Crippen LogP contribution in [0.5, 0.6) is 34.5 Å². The Labute approximate surface area is 257 Å². The van der Waals surface area contributed by atoms with Crippen molar-refractivity contribution < 1.29 is 39.2 Å². The van der Waals surface area contributed by atoms with Gasteiger partial charge in [-0.15, -0.1) is 0 Å². The molecule has 0 fully saturated rings. The summed E-state index contributed by atoms with van der Waals surface area (Å²) in [7, 11) is 0. The number of carbonyl (C=O) groups excluding carboxylic acids is 3. The minimum atomic E-state index is -0.0752. The van der Waals surface area contributed by atoms with Gasteiger partial charge in [-0.25, -0.2) is 0 Å². The number of aromatic hydroxyl groups is 2. The first kappa shape index (κ1) is 33.6. The number of ketones is 2. The minimum absolute atomic E-state index is 0.00394. The maximum absolute atomic E-state index is 11.8. The van der Waals surface area contributed by atoms with Crippen molar-refractivity contribution in [2.24, 2.45) is 0 Å². The largest absolute Gasteiger partial charge is 0.504 e. The van der Waals surface area contributed by atoms with Gasteiger partial charge in [-0.2, -0.15) is 0 Å². The number of ether oxygens (including phenoxy) is 2. The van der Waals surface area contributed by atoms with Gasteiger partial charge in [0, 0.05) is 37.0 Å². The van der Waals surface area contributed by atoms with Gasteiger partial charge >= 0.3 is 0 Å². The molecule has 0 radical (unpaired) electrons. The van der Waals surface area contributed by atoms with Crippen LogP contribution in [0.25, 0.3) is 0 Å². The second-order valence-corrected chi connectivity index (χ2v) is 9.94. The lowest BCUT2D eigenvalue weighted by molar-refractivity contribution is -0.107. The molecular weight excluding hydrogens is 560 g/mol. The molecule has 8 heteroatoms. The van der Waals surface area contributed by atoms with Crippen molar-refractivity contribution >= 4 is 17.9 Å². The lowest BCUT2D eigenvalue weighted by Gasteiger charge is -2.09. The molecule has 0 aliphatic heterocycles. The summed E-state index contributed by atoms with van der Waals surface area (Å²) in [5.74, 6) is 1.95. The van der Waals surface area contributed by atoms with Crippen molar-refractivity contribution in [3.63, 3.8) is 0 Å². The van der Waals surface area contributed by atoms with E-state index in [1.807, 2.05) is 26.0 Å². The lowest BCUT2D eigenvalue weighted by Crippen LogP contribution is -2.00. The van der Waals surface area contributed by atoms with E-state index in [0.717, 1.165) is 30.3 Å². The summed E-state index contributed by atoms with van der Waals surface area (Å²) in [5.41, 5.74) is 3.20. The van der Waals surface area contributed by atoms with E-state index >= 15 is 0 Å². The number of phenolic OH excluding ortho intramolecular Hbond substituents is 2. The highest BCUT2D eigenvalue weighted by Crippen LogP contribution is 2.33. The van der Waals surface area contributed by atoms with E-state index in [2.05, 4.69) is 0 Å². The van der Waals surface area contributed by atoms with Crippen LogP contribution in [0.3, 0.4) is 0 Å². The van der Waals surface area contributed by atoms with E-state index in [1.165, 1.54) is 0 Å². The average Bonchev–Trinajstić information content (AvgIpc) is 3.05. The fraction of sp³-hybridized carbons (Fsp3) is 0.250. The quantitative estimate of drug-likeness (QED) is 0.0999. The average molecular weight is 599 g/mol. The number of carbonyl (C=O) groups is 3. The van der Waals surface area contributed by atoms with Crippen LogP contribution >= 0.6 is 0 Å². The molecule has 0 heterocycles. The Hall–Kier alpha value is -4.95. The van der Waals surface area contributed by atoms with Gasteiger partial charge < -0.3 is 29.6 Å². The van der Waals surface area contributed by atoms with Crippen LogP contribution in [0.15, 0.2) is 84.9 Å². The third-order valence-corrected chi connectivity index (χ3v) is 6.72. The molecule has 8 nitrogen and oxygen atoms in total. The van der Waals surface area contributed by atoms with Crippen molar-refractivity contribution in [2.75, 3.05) is 6.61 Å². The van der Waals surface area contributed by atoms with Crippen molar-refractivity contribution in [1.82, 2.24) is 0 Å². The Morgan fingerprint density at radius 3 is 1.45 bits per heavy atom. The number of rotatable bonds is 14. The van der Waals surface area contributed by atoms with E-state index in [0.29, 0.717) is 47.0 Å². The first-order valence-electron chi connectivity index (χ1n) is 14.6. The fourth-order valence-electron chi connectivity index (χ4n) is 4.13. The predicted molar refractivity (Wildman–Crippen MR) is 168 cm³/mol. The standard InChI is InChI=1S/C18H20O4.C18H18O4/c2*1-2-13-5-10-18(17(21)12-13)22-15-8-6-14(7-9-15)16(20)4-3-11-19/h5-10,12,19,21H,2-4,11H2,1H3;5-12,21H,2-4H2,1H3. The molecular formula is C36H38O8. The minimum Gasteiger partial charge on any atom is -0.504 e. The molecule has 0 amide bonds. The van der Waals surface area contributed by atoms with Crippen molar-refractivity contribution in [1.29, 1.82) is 0 Å². The summed E-state index contributed by atoms with van der Waals surface area (Å²) in [6.45, 7) is 4.04. The molecule has 0 spiro atoms. The van der Waals surface area contributed by atoms with Gasteiger partial charge in [0.25, 0.3) is 0 Å². The number of aliphatic hydroxyl groups excluding tert-OH is 1. The van der Waals surface area contributed by atoms with E-state index in [1.54, 1.807) is 72.8 Å². The molecule has 4 rings (SSSR count). The number of hydrogen-bond donors (Lipinski definition) is 3. The van der Waals surface area contributed by atoms with Crippen LogP contribution in [-0.4, -0.2) is 39.8 Å². The van der Waals surface area contributed by atoms with Gasteiger partial charge in [-0.1, -0.05) is 26.0 Å². The molecule has 0 unspecified atom stereocenters. The number of hydrogen-bond acceptors (Lipinski definition) is 8. The van der Waals surface area contributed by atoms with Crippen molar-refractivity contribution in [3.05, 3.63) is 107 Å². The van der Waals surface area contributed by atoms with Crippen LogP contribution in [0.2, 0.25) is 0 Å². The zero-order valence-corrected chi connectivity index (χ0v) is 25.0. The Morgan fingerprint density at radius 1 is 0.659 bits per heavy atom. The Morgan fingerprint density at radius 2 is 1.09 bits per heavy atom. The molecule has 4 aromatic rings. The van der Waals surface area contributed by atoms with E-state index in [4.69, 9.17) is 14.6 Å². The number of aldehydes is 1. The lowest BCUT2D eigenvalue weighted by atomic mass is 10.1. The third-order valence-electron chi connectivity index (χ3n) is 6.72. The van der Waals surface area contributed by atoms with Gasteiger partial charge in [0.15, 0.2) is 34.6 Å². The Balaban J connectivity index is 0.000000240. The smallest absolute Gasteiger partial charge is 0.169 e. The predicted octanol–water partition coefficient (Wildman–Crippen LogP) is 7.61. The van der Waals surface area contributed by atoms with Gasteiger partial charge in [0.2, 0.25) is 0 Å². The summed E-state index contributed by atoms with van der Waals surface area (Å²) in [6, 6.07) is 24.0. The highest BCUT2D eigenvalue weighted by Gasteiger charge is 2.09. The molecule has 230 valence electrons. The number of benzene rings is 4. The van der Waals surface area contributed by atoms with Gasteiger partial charge in [-0.3, -0.25) is 9.59 Å². The maximum Gasteiger partial charge on any atom is 0.169 e. The molecule has 0 aromatic heterocycles. The molecule has 3 N–H and O–H groups in total. The van der Waals surface area contributed by atoms with Gasteiger partial charge in [0.1, 0.15) is 17.8 Å². The van der Waals surface area contributed by atoms with Crippen LogP contribution < -0.4 is 9.47 Å². The molecule has 0 aliphatic carbocycles. The van der Waals surface area contributed by atoms with E-state index in [9.17, 15) is 24.6 Å². The second kappa shape index (κ2) is 17.2. The number of aryl methyl sites for hydroxylation is 2. The highest BCUT2D eigenvalue weighted by atomic mass is 16.5. The number of Topliss-reactive ketones (excluding diaryl/α,β-unsaturated/α-hetero) is 2. The molecule has 4 aromatic carbocycles.